The van der Waals surface area contributed by atoms with Gasteiger partial charge in [-0.2, -0.15) is 0 Å². The van der Waals surface area contributed by atoms with Crippen LogP contribution >= 0.6 is 15.9 Å². The van der Waals surface area contributed by atoms with Crippen LogP contribution in [0.5, 0.6) is 0 Å². The second kappa shape index (κ2) is 5.35. The number of furan rings is 1. The van der Waals surface area contributed by atoms with Crippen LogP contribution in [-0.4, -0.2) is 20.3 Å². The van der Waals surface area contributed by atoms with Crippen molar-refractivity contribution in [3.63, 3.8) is 0 Å². The molecule has 0 radical (unpaired) electrons. The van der Waals surface area contributed by atoms with Crippen molar-refractivity contribution < 1.29 is 13.9 Å². The van der Waals surface area contributed by atoms with Crippen molar-refractivity contribution >= 4 is 15.9 Å². The standard InChI is InChI=1S/C8H11BrO3/c1-10-4-5-11-6-7-2-3-8(9)12-7/h2-3H,4-6H2,1H3. The van der Waals surface area contributed by atoms with Gasteiger partial charge in [0.15, 0.2) is 4.67 Å². The molecule has 0 unspecified atom stereocenters. The maximum absolute atomic E-state index is 5.23. The molecule has 4 heteroatoms. The third-order valence-electron chi connectivity index (χ3n) is 1.30. The molecular weight excluding hydrogens is 224 g/mol. The normalized spacial score (nSPS) is 10.5. The lowest BCUT2D eigenvalue weighted by Gasteiger charge is -1.99. The molecule has 0 bridgehead atoms. The Kier molecular flexibility index (Phi) is 4.35. The fourth-order valence-electron chi connectivity index (χ4n) is 0.744. The predicted molar refractivity (Wildman–Crippen MR) is 47.9 cm³/mol. The molecule has 1 heterocycles. The summed E-state index contributed by atoms with van der Waals surface area (Å²) in [6, 6.07) is 3.71. The van der Waals surface area contributed by atoms with Gasteiger partial charge in [-0.25, -0.2) is 0 Å². The topological polar surface area (TPSA) is 31.6 Å². The van der Waals surface area contributed by atoms with E-state index in [-0.39, 0.29) is 0 Å². The van der Waals surface area contributed by atoms with Crippen LogP contribution in [-0.2, 0) is 16.1 Å². The summed E-state index contributed by atoms with van der Waals surface area (Å²) in [5, 5.41) is 0. The summed E-state index contributed by atoms with van der Waals surface area (Å²) in [5.74, 6) is 0.818. The largest absolute Gasteiger partial charge is 0.452 e. The van der Waals surface area contributed by atoms with Crippen LogP contribution in [0.3, 0.4) is 0 Å². The zero-order valence-corrected chi connectivity index (χ0v) is 8.46. The Morgan fingerprint density at radius 2 is 2.25 bits per heavy atom. The van der Waals surface area contributed by atoms with Gasteiger partial charge >= 0.3 is 0 Å². The molecule has 12 heavy (non-hydrogen) atoms. The number of hydrogen-bond donors (Lipinski definition) is 0. The Bertz CT molecular complexity index is 222. The first-order chi connectivity index (χ1) is 5.83. The molecule has 0 saturated carbocycles. The highest BCUT2D eigenvalue weighted by molar-refractivity contribution is 9.10. The molecule has 1 aromatic heterocycles. The molecule has 0 saturated heterocycles. The molecule has 0 spiro atoms. The molecule has 1 rings (SSSR count). The lowest BCUT2D eigenvalue weighted by molar-refractivity contribution is 0.0535. The van der Waals surface area contributed by atoms with Crippen LogP contribution in [0.2, 0.25) is 0 Å². The highest BCUT2D eigenvalue weighted by atomic mass is 79.9. The van der Waals surface area contributed by atoms with Crippen molar-refractivity contribution in [3.8, 4) is 0 Å². The molecule has 0 atom stereocenters. The molecule has 0 N–H and O–H groups in total. The lowest BCUT2D eigenvalue weighted by atomic mass is 10.5. The van der Waals surface area contributed by atoms with E-state index in [0.29, 0.717) is 19.8 Å². The summed E-state index contributed by atoms with van der Waals surface area (Å²) < 4.78 is 16.0. The molecule has 0 aliphatic rings. The number of ether oxygens (including phenoxy) is 2. The predicted octanol–water partition coefficient (Wildman–Crippen LogP) is 2.21. The smallest absolute Gasteiger partial charge is 0.169 e. The molecular formula is C8H11BrO3. The molecule has 0 aromatic carbocycles. The van der Waals surface area contributed by atoms with Gasteiger partial charge in [0, 0.05) is 7.11 Å². The summed E-state index contributed by atoms with van der Waals surface area (Å²) in [7, 11) is 1.65. The van der Waals surface area contributed by atoms with E-state index in [2.05, 4.69) is 15.9 Å². The Morgan fingerprint density at radius 3 is 2.83 bits per heavy atom. The molecule has 0 aliphatic carbocycles. The minimum atomic E-state index is 0.495. The number of methoxy groups -OCH3 is 1. The van der Waals surface area contributed by atoms with Gasteiger partial charge in [-0.1, -0.05) is 0 Å². The summed E-state index contributed by atoms with van der Waals surface area (Å²) in [5.41, 5.74) is 0. The molecule has 68 valence electrons. The van der Waals surface area contributed by atoms with Gasteiger partial charge in [0.2, 0.25) is 0 Å². The minimum absolute atomic E-state index is 0.495. The zero-order chi connectivity index (χ0) is 8.81. The van der Waals surface area contributed by atoms with Crippen molar-refractivity contribution in [2.24, 2.45) is 0 Å². The van der Waals surface area contributed by atoms with Gasteiger partial charge < -0.3 is 13.9 Å². The van der Waals surface area contributed by atoms with Crippen LogP contribution in [0.1, 0.15) is 5.76 Å². The second-order valence-corrected chi connectivity index (χ2v) is 3.03. The van der Waals surface area contributed by atoms with Gasteiger partial charge in [-0.3, -0.25) is 0 Å². The Hall–Kier alpha value is -0.320. The van der Waals surface area contributed by atoms with E-state index in [4.69, 9.17) is 13.9 Å². The first-order valence-electron chi connectivity index (χ1n) is 3.64. The maximum atomic E-state index is 5.23. The van der Waals surface area contributed by atoms with Gasteiger partial charge in [0.1, 0.15) is 12.4 Å². The summed E-state index contributed by atoms with van der Waals surface area (Å²) in [4.78, 5) is 0. The van der Waals surface area contributed by atoms with Crippen LogP contribution in [0, 0.1) is 0 Å². The number of hydrogen-bond acceptors (Lipinski definition) is 3. The molecule has 0 fully saturated rings. The molecule has 1 aromatic rings. The van der Waals surface area contributed by atoms with E-state index in [1.165, 1.54) is 0 Å². The van der Waals surface area contributed by atoms with Gasteiger partial charge in [-0.15, -0.1) is 0 Å². The Labute approximate surface area is 79.8 Å². The minimum Gasteiger partial charge on any atom is -0.452 e. The average Bonchev–Trinajstić information content (AvgIpc) is 2.45. The zero-order valence-electron chi connectivity index (χ0n) is 6.88. The third-order valence-corrected chi connectivity index (χ3v) is 1.73. The highest BCUT2D eigenvalue weighted by Crippen LogP contribution is 2.14. The van der Waals surface area contributed by atoms with Crippen molar-refractivity contribution in [3.05, 3.63) is 22.6 Å². The van der Waals surface area contributed by atoms with Crippen molar-refractivity contribution in [2.75, 3.05) is 20.3 Å². The molecule has 0 amide bonds. The SMILES string of the molecule is COCCOCc1ccc(Br)o1. The third kappa shape index (κ3) is 3.38. The van der Waals surface area contributed by atoms with E-state index < -0.39 is 0 Å². The van der Waals surface area contributed by atoms with E-state index in [9.17, 15) is 0 Å². The average molecular weight is 235 g/mol. The van der Waals surface area contributed by atoms with Gasteiger partial charge in [-0.05, 0) is 28.1 Å². The Balaban J connectivity index is 2.15. The summed E-state index contributed by atoms with van der Waals surface area (Å²) in [6.45, 7) is 1.70. The van der Waals surface area contributed by atoms with Crippen LogP contribution in [0.25, 0.3) is 0 Å². The van der Waals surface area contributed by atoms with Crippen LogP contribution in [0.4, 0.5) is 0 Å². The second-order valence-electron chi connectivity index (χ2n) is 2.25. The monoisotopic (exact) mass is 234 g/mol. The van der Waals surface area contributed by atoms with Crippen molar-refractivity contribution in [1.29, 1.82) is 0 Å². The Morgan fingerprint density at radius 1 is 1.42 bits per heavy atom. The molecule has 0 aliphatic heterocycles. The van der Waals surface area contributed by atoms with Crippen LogP contribution < -0.4 is 0 Å². The maximum Gasteiger partial charge on any atom is 0.169 e. The molecule has 3 nitrogen and oxygen atoms in total. The van der Waals surface area contributed by atoms with Crippen LogP contribution in [0.15, 0.2) is 21.2 Å². The summed E-state index contributed by atoms with van der Waals surface area (Å²) in [6.07, 6.45) is 0. The summed E-state index contributed by atoms with van der Waals surface area (Å²) >= 11 is 3.21. The number of halogens is 1. The number of rotatable bonds is 5. The van der Waals surface area contributed by atoms with Gasteiger partial charge in [0.05, 0.1) is 13.2 Å². The van der Waals surface area contributed by atoms with E-state index in [1.54, 1.807) is 7.11 Å². The fourth-order valence-corrected chi connectivity index (χ4v) is 1.08. The highest BCUT2D eigenvalue weighted by Gasteiger charge is 1.98. The van der Waals surface area contributed by atoms with E-state index in [1.807, 2.05) is 12.1 Å². The quantitative estimate of drug-likeness (QED) is 0.733. The fraction of sp³-hybridized carbons (Fsp3) is 0.500. The van der Waals surface area contributed by atoms with E-state index in [0.717, 1.165) is 10.4 Å². The first-order valence-corrected chi connectivity index (χ1v) is 4.43. The van der Waals surface area contributed by atoms with E-state index >= 15 is 0 Å². The lowest BCUT2D eigenvalue weighted by Crippen LogP contribution is -2.00. The first kappa shape index (κ1) is 9.77. The van der Waals surface area contributed by atoms with Crippen molar-refractivity contribution in [1.82, 2.24) is 0 Å². The van der Waals surface area contributed by atoms with Gasteiger partial charge in [0.25, 0.3) is 0 Å². The van der Waals surface area contributed by atoms with Crippen molar-refractivity contribution in [2.45, 2.75) is 6.61 Å².